The predicted molar refractivity (Wildman–Crippen MR) is 110 cm³/mol. The average Bonchev–Trinajstić information content (AvgIpc) is 2.90. The third-order valence-corrected chi connectivity index (χ3v) is 6.72. The number of halogens is 1. The number of fused-ring (bicyclic) bond motifs is 1. The van der Waals surface area contributed by atoms with Crippen LogP contribution in [0.3, 0.4) is 0 Å². The van der Waals surface area contributed by atoms with Crippen LogP contribution in [-0.2, 0) is 23.0 Å². The minimum atomic E-state index is -3.79. The van der Waals surface area contributed by atoms with Crippen molar-refractivity contribution < 1.29 is 8.42 Å². The normalized spacial score (nSPS) is 14.4. The molecule has 0 spiro atoms. The lowest BCUT2D eigenvalue weighted by Crippen LogP contribution is -2.13. The molecule has 146 valence electrons. The van der Waals surface area contributed by atoms with Crippen molar-refractivity contribution in [1.29, 1.82) is 0 Å². The molecule has 0 atom stereocenters. The summed E-state index contributed by atoms with van der Waals surface area (Å²) in [5, 5.41) is 8.87. The molecule has 0 amide bonds. The molecule has 0 saturated heterocycles. The summed E-state index contributed by atoms with van der Waals surface area (Å²) >= 11 is 6.15. The summed E-state index contributed by atoms with van der Waals surface area (Å²) in [6.07, 6.45) is 4.32. The lowest BCUT2D eigenvalue weighted by Gasteiger charge is -2.12. The van der Waals surface area contributed by atoms with Gasteiger partial charge in [0.2, 0.25) is 0 Å². The van der Waals surface area contributed by atoms with Gasteiger partial charge in [-0.2, -0.15) is 0 Å². The average molecular weight is 417 g/mol. The number of aryl methyl sites for hydroxylation is 2. The highest BCUT2D eigenvalue weighted by atomic mass is 35.5. The molecule has 0 unspecified atom stereocenters. The molecule has 0 aliphatic carbocycles. The van der Waals surface area contributed by atoms with E-state index in [1.807, 2.05) is 19.1 Å². The number of nitrogens with zero attached hydrogens (tertiary/aromatic N) is 3. The van der Waals surface area contributed by atoms with Crippen LogP contribution in [0.15, 0.2) is 47.4 Å². The summed E-state index contributed by atoms with van der Waals surface area (Å²) in [5.41, 5.74) is 2.19. The van der Waals surface area contributed by atoms with Crippen molar-refractivity contribution in [1.82, 2.24) is 14.8 Å². The summed E-state index contributed by atoms with van der Waals surface area (Å²) in [6.45, 7) is 2.74. The van der Waals surface area contributed by atoms with Crippen LogP contribution < -0.4 is 4.72 Å². The molecule has 6 nitrogen and oxygen atoms in total. The molecule has 28 heavy (non-hydrogen) atoms. The number of aromatic nitrogens is 3. The van der Waals surface area contributed by atoms with Crippen molar-refractivity contribution in [2.75, 3.05) is 4.72 Å². The number of rotatable bonds is 4. The molecule has 2 heterocycles. The number of nitrogens with one attached hydrogen (secondary N) is 1. The van der Waals surface area contributed by atoms with Crippen molar-refractivity contribution in [2.45, 2.75) is 44.0 Å². The van der Waals surface area contributed by atoms with Crippen LogP contribution in [0, 0.1) is 6.92 Å². The third-order valence-electron chi connectivity index (χ3n) is 4.86. The van der Waals surface area contributed by atoms with E-state index in [-0.39, 0.29) is 9.92 Å². The van der Waals surface area contributed by atoms with E-state index >= 15 is 0 Å². The number of hydrogen-bond acceptors (Lipinski definition) is 4. The van der Waals surface area contributed by atoms with Crippen molar-refractivity contribution >= 4 is 27.3 Å². The van der Waals surface area contributed by atoms with Crippen LogP contribution in [0.25, 0.3) is 11.4 Å². The van der Waals surface area contributed by atoms with Gasteiger partial charge >= 0.3 is 0 Å². The Morgan fingerprint density at radius 3 is 2.75 bits per heavy atom. The van der Waals surface area contributed by atoms with Crippen molar-refractivity contribution in [3.63, 3.8) is 0 Å². The van der Waals surface area contributed by atoms with Crippen LogP contribution in [0.4, 0.5) is 5.69 Å². The third kappa shape index (κ3) is 3.77. The first kappa shape index (κ1) is 19.0. The molecule has 0 bridgehead atoms. The lowest BCUT2D eigenvalue weighted by atomic mass is 10.2. The summed E-state index contributed by atoms with van der Waals surface area (Å²) in [7, 11) is -3.79. The fourth-order valence-electron chi connectivity index (χ4n) is 3.45. The molecule has 1 aromatic heterocycles. The minimum absolute atomic E-state index is 0.0570. The molecule has 2 aromatic carbocycles. The second-order valence-electron chi connectivity index (χ2n) is 7.02. The summed E-state index contributed by atoms with van der Waals surface area (Å²) in [4.78, 5) is 0.0570. The quantitative estimate of drug-likeness (QED) is 0.682. The Hall–Kier alpha value is -2.38. The zero-order valence-corrected chi connectivity index (χ0v) is 17.1. The molecule has 0 radical (unpaired) electrons. The summed E-state index contributed by atoms with van der Waals surface area (Å²) in [5.74, 6) is 1.76. The number of hydrogen-bond donors (Lipinski definition) is 1. The van der Waals surface area contributed by atoms with Crippen LogP contribution in [0.5, 0.6) is 0 Å². The highest BCUT2D eigenvalue weighted by Gasteiger charge is 2.20. The van der Waals surface area contributed by atoms with Gasteiger partial charge in [0.1, 0.15) is 10.7 Å². The van der Waals surface area contributed by atoms with Crippen molar-refractivity contribution in [3.05, 3.63) is 58.9 Å². The highest BCUT2D eigenvalue weighted by Crippen LogP contribution is 2.28. The van der Waals surface area contributed by atoms with Gasteiger partial charge in [-0.05, 0) is 49.6 Å². The van der Waals surface area contributed by atoms with E-state index in [0.29, 0.717) is 5.69 Å². The highest BCUT2D eigenvalue weighted by molar-refractivity contribution is 7.92. The second-order valence-corrected chi connectivity index (χ2v) is 9.08. The molecule has 0 saturated carbocycles. The zero-order valence-electron chi connectivity index (χ0n) is 15.5. The maximum Gasteiger partial charge on any atom is 0.263 e. The Morgan fingerprint density at radius 2 is 1.93 bits per heavy atom. The maximum atomic E-state index is 12.8. The van der Waals surface area contributed by atoms with Crippen LogP contribution in [-0.4, -0.2) is 23.2 Å². The maximum absolute atomic E-state index is 12.8. The van der Waals surface area contributed by atoms with Crippen molar-refractivity contribution in [3.8, 4) is 11.4 Å². The van der Waals surface area contributed by atoms with Gasteiger partial charge in [-0.3, -0.25) is 4.72 Å². The number of anilines is 1. The molecule has 3 aromatic rings. The minimum Gasteiger partial charge on any atom is -0.311 e. The Labute approximate surface area is 169 Å². The van der Waals surface area contributed by atoms with Crippen LogP contribution in [0.2, 0.25) is 5.02 Å². The zero-order chi connectivity index (χ0) is 19.7. The molecule has 1 aliphatic heterocycles. The standard InChI is InChI=1S/C20H21ClN4O2S/c1-14-9-10-18(17(21)12-14)28(26,27)24-16-7-5-6-15(13-16)20-23-22-19-8-3-2-4-11-25(19)20/h5-7,9-10,12-13,24H,2-4,8,11H2,1H3. The van der Waals surface area contributed by atoms with E-state index in [0.717, 1.165) is 48.6 Å². The SMILES string of the molecule is Cc1ccc(S(=O)(=O)Nc2cccc(-c3nnc4n3CCCCC4)c2)c(Cl)c1. The van der Waals surface area contributed by atoms with Crippen LogP contribution >= 0.6 is 11.6 Å². The summed E-state index contributed by atoms with van der Waals surface area (Å²) in [6, 6.07) is 12.1. The first-order valence-electron chi connectivity index (χ1n) is 9.25. The van der Waals surface area contributed by atoms with Gasteiger partial charge in [-0.25, -0.2) is 8.42 Å². The molecular weight excluding hydrogens is 396 g/mol. The van der Waals surface area contributed by atoms with Gasteiger partial charge in [0.25, 0.3) is 10.0 Å². The van der Waals surface area contributed by atoms with Gasteiger partial charge in [-0.1, -0.05) is 36.2 Å². The van der Waals surface area contributed by atoms with E-state index in [9.17, 15) is 8.42 Å². The lowest BCUT2D eigenvalue weighted by molar-refractivity contribution is 0.601. The van der Waals surface area contributed by atoms with E-state index in [4.69, 9.17) is 11.6 Å². The predicted octanol–water partition coefficient (Wildman–Crippen LogP) is 4.43. The van der Waals surface area contributed by atoms with Crippen molar-refractivity contribution in [2.24, 2.45) is 0 Å². The van der Waals surface area contributed by atoms with Gasteiger partial charge in [0.05, 0.1) is 5.02 Å². The fourth-order valence-corrected chi connectivity index (χ4v) is 5.10. The second kappa shape index (κ2) is 7.56. The van der Waals surface area contributed by atoms with E-state index in [2.05, 4.69) is 19.5 Å². The van der Waals surface area contributed by atoms with Gasteiger partial charge in [0.15, 0.2) is 5.82 Å². The van der Waals surface area contributed by atoms with Gasteiger partial charge in [0, 0.05) is 24.2 Å². The Balaban J connectivity index is 1.65. The largest absolute Gasteiger partial charge is 0.311 e. The summed E-state index contributed by atoms with van der Waals surface area (Å²) < 4.78 is 30.3. The molecule has 1 N–H and O–H groups in total. The molecule has 4 rings (SSSR count). The first-order chi connectivity index (χ1) is 13.4. The Kier molecular flexibility index (Phi) is 5.12. The van der Waals surface area contributed by atoms with E-state index < -0.39 is 10.0 Å². The molecule has 8 heteroatoms. The molecular formula is C20H21ClN4O2S. The molecule has 0 fully saturated rings. The Morgan fingerprint density at radius 1 is 1.07 bits per heavy atom. The topological polar surface area (TPSA) is 76.9 Å². The monoisotopic (exact) mass is 416 g/mol. The van der Waals surface area contributed by atoms with Gasteiger partial charge in [-0.15, -0.1) is 10.2 Å². The smallest absolute Gasteiger partial charge is 0.263 e. The van der Waals surface area contributed by atoms with Gasteiger partial charge < -0.3 is 4.57 Å². The fraction of sp³-hybridized carbons (Fsp3) is 0.300. The number of sulfonamides is 1. The van der Waals surface area contributed by atoms with E-state index in [1.165, 1.54) is 12.5 Å². The van der Waals surface area contributed by atoms with Crippen LogP contribution in [0.1, 0.15) is 30.7 Å². The Bertz CT molecular complexity index is 1120. The van der Waals surface area contributed by atoms with E-state index in [1.54, 1.807) is 24.3 Å². The molecule has 1 aliphatic rings. The number of benzene rings is 2. The first-order valence-corrected chi connectivity index (χ1v) is 11.1.